The molecule has 0 saturated carbocycles. The monoisotopic (exact) mass is 451 g/mol. The van der Waals surface area contributed by atoms with Gasteiger partial charge in [-0.15, -0.1) is 0 Å². The fourth-order valence-electron chi connectivity index (χ4n) is 4.03. The molecular weight excluding hydrogens is 424 g/mol. The summed E-state index contributed by atoms with van der Waals surface area (Å²) in [6, 6.07) is 15.9. The van der Waals surface area contributed by atoms with Crippen LogP contribution in [-0.4, -0.2) is 51.0 Å². The van der Waals surface area contributed by atoms with E-state index in [0.29, 0.717) is 43.2 Å². The zero-order valence-corrected chi connectivity index (χ0v) is 18.7. The van der Waals surface area contributed by atoms with E-state index in [2.05, 4.69) is 5.32 Å². The number of rotatable bonds is 6. The van der Waals surface area contributed by atoms with E-state index >= 15 is 0 Å². The lowest BCUT2D eigenvalue weighted by Crippen LogP contribution is -2.58. The molecule has 0 bridgehead atoms. The van der Waals surface area contributed by atoms with Crippen LogP contribution in [0.1, 0.15) is 13.8 Å². The highest BCUT2D eigenvalue weighted by molar-refractivity contribution is 5.92. The summed E-state index contributed by atoms with van der Waals surface area (Å²) in [5, 5.41) is 3.01. The molecule has 1 unspecified atom stereocenters. The summed E-state index contributed by atoms with van der Waals surface area (Å²) in [4.78, 5) is 36.8. The summed E-state index contributed by atoms with van der Waals surface area (Å²) in [5.41, 5.74) is 2.08. The Morgan fingerprint density at radius 2 is 1.82 bits per heavy atom. The molecule has 1 aliphatic heterocycles. The van der Waals surface area contributed by atoms with Gasteiger partial charge < -0.3 is 19.2 Å². The Kier molecular flexibility index (Phi) is 6.57. The van der Waals surface area contributed by atoms with E-state index in [9.17, 15) is 14.4 Å². The SMILES string of the molecule is CC(=O)NC(C)C(=O)OC[N+]1(c2cc(=O)c3cccc(-c4ccccc4)c3o2)CCOCC1. The van der Waals surface area contributed by atoms with Crippen LogP contribution in [0.2, 0.25) is 0 Å². The van der Waals surface area contributed by atoms with E-state index < -0.39 is 12.0 Å². The smallest absolute Gasteiger partial charge is 0.332 e. The van der Waals surface area contributed by atoms with E-state index in [-0.39, 0.29) is 22.5 Å². The minimum absolute atomic E-state index is 0.0337. The highest BCUT2D eigenvalue weighted by atomic mass is 16.6. The summed E-state index contributed by atoms with van der Waals surface area (Å²) in [6.07, 6.45) is 0. The maximum atomic E-state index is 13.1. The normalized spacial score (nSPS) is 16.2. The molecule has 1 aliphatic rings. The number of hydrogen-bond donors (Lipinski definition) is 1. The van der Waals surface area contributed by atoms with Crippen LogP contribution in [0.15, 0.2) is 63.8 Å². The van der Waals surface area contributed by atoms with Gasteiger partial charge in [0.2, 0.25) is 12.6 Å². The van der Waals surface area contributed by atoms with Crippen molar-refractivity contribution in [2.24, 2.45) is 0 Å². The second-order valence-corrected chi connectivity index (χ2v) is 8.22. The van der Waals surface area contributed by atoms with Gasteiger partial charge in [-0.25, -0.2) is 9.28 Å². The van der Waals surface area contributed by atoms with Gasteiger partial charge in [-0.1, -0.05) is 42.5 Å². The molecule has 1 aromatic heterocycles. The number of nitrogens with one attached hydrogen (secondary N) is 1. The molecule has 172 valence electrons. The summed E-state index contributed by atoms with van der Waals surface area (Å²) < 4.78 is 17.6. The van der Waals surface area contributed by atoms with Crippen molar-refractivity contribution in [3.8, 4) is 11.1 Å². The zero-order chi connectivity index (χ0) is 23.4. The number of morpholine rings is 1. The topological polar surface area (TPSA) is 94.8 Å². The van der Waals surface area contributed by atoms with Gasteiger partial charge in [-0.05, 0) is 18.6 Å². The third kappa shape index (κ3) is 4.81. The number of carbonyl (C=O) groups excluding carboxylic acids is 2. The number of quaternary nitrogens is 1. The molecule has 0 aliphatic carbocycles. The van der Waals surface area contributed by atoms with Crippen LogP contribution in [0.5, 0.6) is 0 Å². The molecule has 3 aromatic rings. The lowest BCUT2D eigenvalue weighted by molar-refractivity contribution is -0.153. The molecule has 4 rings (SSSR count). The van der Waals surface area contributed by atoms with Gasteiger partial charge in [-0.2, -0.15) is 0 Å². The first kappa shape index (κ1) is 22.7. The van der Waals surface area contributed by atoms with E-state index in [1.165, 1.54) is 13.0 Å². The Morgan fingerprint density at radius 1 is 1.09 bits per heavy atom. The number of benzene rings is 2. The summed E-state index contributed by atoms with van der Waals surface area (Å²) in [7, 11) is 0. The van der Waals surface area contributed by atoms with E-state index in [4.69, 9.17) is 13.9 Å². The van der Waals surface area contributed by atoms with Crippen LogP contribution in [0, 0.1) is 0 Å². The van der Waals surface area contributed by atoms with Crippen LogP contribution in [-0.2, 0) is 19.1 Å². The molecule has 1 fully saturated rings. The second kappa shape index (κ2) is 9.56. The second-order valence-electron chi connectivity index (χ2n) is 8.22. The number of nitrogens with zero attached hydrogens (tertiary/aromatic N) is 1. The number of esters is 1. The molecule has 33 heavy (non-hydrogen) atoms. The number of ether oxygens (including phenoxy) is 2. The molecule has 2 heterocycles. The van der Waals surface area contributed by atoms with Crippen molar-refractivity contribution in [1.82, 2.24) is 9.80 Å². The van der Waals surface area contributed by atoms with Crippen molar-refractivity contribution in [3.05, 3.63) is 64.8 Å². The quantitative estimate of drug-likeness (QED) is 0.458. The summed E-state index contributed by atoms with van der Waals surface area (Å²) in [6.45, 7) is 4.69. The van der Waals surface area contributed by atoms with Crippen molar-refractivity contribution >= 4 is 28.7 Å². The van der Waals surface area contributed by atoms with Crippen LogP contribution in [0.25, 0.3) is 22.1 Å². The largest absolute Gasteiger partial charge is 0.413 e. The molecule has 0 radical (unpaired) electrons. The number of para-hydroxylation sites is 1. The summed E-state index contributed by atoms with van der Waals surface area (Å²) in [5.74, 6) is -0.454. The zero-order valence-electron chi connectivity index (χ0n) is 18.7. The van der Waals surface area contributed by atoms with E-state index in [0.717, 1.165) is 11.1 Å². The lowest BCUT2D eigenvalue weighted by Gasteiger charge is -2.38. The number of hydrogen-bond acceptors (Lipinski definition) is 6. The van der Waals surface area contributed by atoms with Gasteiger partial charge in [0.05, 0.1) is 24.7 Å². The predicted molar refractivity (Wildman–Crippen MR) is 125 cm³/mol. The Morgan fingerprint density at radius 3 is 2.52 bits per heavy atom. The molecule has 1 amide bonds. The molecule has 1 atom stereocenters. The highest BCUT2D eigenvalue weighted by Gasteiger charge is 2.38. The Balaban J connectivity index is 1.74. The molecule has 1 N–H and O–H groups in total. The van der Waals surface area contributed by atoms with Crippen molar-refractivity contribution in [3.63, 3.8) is 0 Å². The average molecular weight is 451 g/mol. The van der Waals surface area contributed by atoms with Gasteiger partial charge >= 0.3 is 11.9 Å². The number of amides is 1. The third-order valence-electron chi connectivity index (χ3n) is 5.85. The summed E-state index contributed by atoms with van der Waals surface area (Å²) >= 11 is 0. The van der Waals surface area contributed by atoms with Crippen LogP contribution < -0.4 is 15.2 Å². The molecular formula is C25H27N2O6+. The maximum absolute atomic E-state index is 13.1. The van der Waals surface area contributed by atoms with Gasteiger partial charge in [0.25, 0.3) is 0 Å². The van der Waals surface area contributed by atoms with Crippen LogP contribution in [0.3, 0.4) is 0 Å². The van der Waals surface area contributed by atoms with Crippen molar-refractivity contribution in [2.75, 3.05) is 33.0 Å². The lowest BCUT2D eigenvalue weighted by atomic mass is 10.0. The molecule has 0 spiro atoms. The molecule has 8 nitrogen and oxygen atoms in total. The van der Waals surface area contributed by atoms with Crippen LogP contribution in [0.4, 0.5) is 5.88 Å². The van der Waals surface area contributed by atoms with Crippen molar-refractivity contribution < 1.29 is 23.5 Å². The third-order valence-corrected chi connectivity index (χ3v) is 5.85. The molecule has 2 aromatic carbocycles. The molecule has 8 heteroatoms. The number of fused-ring (bicyclic) bond motifs is 1. The fourth-order valence-corrected chi connectivity index (χ4v) is 4.03. The highest BCUT2D eigenvalue weighted by Crippen LogP contribution is 2.32. The maximum Gasteiger partial charge on any atom is 0.332 e. The minimum atomic E-state index is -0.781. The van der Waals surface area contributed by atoms with E-state index in [1.807, 2.05) is 42.5 Å². The molecule has 1 saturated heterocycles. The number of carbonyl (C=O) groups is 2. The van der Waals surface area contributed by atoms with E-state index in [1.54, 1.807) is 13.0 Å². The van der Waals surface area contributed by atoms with Gasteiger partial charge in [0, 0.05) is 12.5 Å². The average Bonchev–Trinajstić information content (AvgIpc) is 2.83. The van der Waals surface area contributed by atoms with Crippen molar-refractivity contribution in [1.29, 1.82) is 0 Å². The van der Waals surface area contributed by atoms with Crippen molar-refractivity contribution in [2.45, 2.75) is 19.9 Å². The first-order valence-corrected chi connectivity index (χ1v) is 10.9. The van der Waals surface area contributed by atoms with Crippen LogP contribution >= 0.6 is 0 Å². The predicted octanol–water partition coefficient (Wildman–Crippen LogP) is 2.82. The van der Waals surface area contributed by atoms with Gasteiger partial charge in [0.1, 0.15) is 19.1 Å². The Bertz CT molecular complexity index is 1210. The first-order valence-electron chi connectivity index (χ1n) is 10.9. The first-order chi connectivity index (χ1) is 15.9. The Hall–Kier alpha value is -3.49. The van der Waals surface area contributed by atoms with Gasteiger partial charge in [-0.3, -0.25) is 9.59 Å². The minimum Gasteiger partial charge on any atom is -0.413 e. The standard InChI is InChI=1S/C25H26N2O6/c1-17(26-18(2)28)25(30)32-16-27(11-13-31-14-12-27)23-15-22(29)21-10-6-9-20(24(21)33-23)19-7-4-3-5-8-19/h3-10,15,17H,11-14,16H2,1-2H3/p+1. The van der Waals surface area contributed by atoms with Gasteiger partial charge in [0.15, 0.2) is 11.0 Å². The Labute approximate surface area is 191 Å². The fraction of sp³-hybridized carbons (Fsp3) is 0.320.